The van der Waals surface area contributed by atoms with Crippen molar-refractivity contribution in [2.24, 2.45) is 5.92 Å². The van der Waals surface area contributed by atoms with Crippen molar-refractivity contribution in [3.05, 3.63) is 0 Å². The minimum atomic E-state index is 0.372. The summed E-state index contributed by atoms with van der Waals surface area (Å²) in [6.45, 7) is 10.8. The highest BCUT2D eigenvalue weighted by molar-refractivity contribution is 4.75. The first kappa shape index (κ1) is 12.9. The zero-order valence-corrected chi connectivity index (χ0v) is 10.6. The van der Waals surface area contributed by atoms with Crippen LogP contribution in [0.2, 0.25) is 0 Å². The van der Waals surface area contributed by atoms with Gasteiger partial charge in [-0.25, -0.2) is 0 Å². The lowest BCUT2D eigenvalue weighted by atomic mass is 10.0. The average molecular weight is 214 g/mol. The molecule has 0 aliphatic carbocycles. The fraction of sp³-hybridized carbons (Fsp3) is 1.00. The molecule has 2 atom stereocenters. The number of nitrogens with zero attached hydrogens (tertiary/aromatic N) is 1. The normalized spacial score (nSPS) is 25.8. The van der Waals surface area contributed by atoms with Gasteiger partial charge in [0.15, 0.2) is 0 Å². The van der Waals surface area contributed by atoms with Crippen molar-refractivity contribution in [2.75, 3.05) is 33.3 Å². The Hall–Kier alpha value is -0.120. The summed E-state index contributed by atoms with van der Waals surface area (Å²) in [5, 5.41) is 3.61. The molecule has 1 heterocycles. The number of ether oxygens (including phenoxy) is 1. The van der Waals surface area contributed by atoms with Gasteiger partial charge in [0.05, 0.1) is 12.7 Å². The van der Waals surface area contributed by atoms with E-state index >= 15 is 0 Å². The Morgan fingerprint density at radius 2 is 2.20 bits per heavy atom. The monoisotopic (exact) mass is 214 g/mol. The molecule has 1 rings (SSSR count). The Kier molecular flexibility index (Phi) is 5.58. The highest BCUT2D eigenvalue weighted by Crippen LogP contribution is 2.07. The molecule has 0 bridgehead atoms. The van der Waals surface area contributed by atoms with Crippen LogP contribution in [0, 0.1) is 5.92 Å². The highest BCUT2D eigenvalue weighted by atomic mass is 16.5. The van der Waals surface area contributed by atoms with Gasteiger partial charge in [-0.1, -0.05) is 20.8 Å². The van der Waals surface area contributed by atoms with Gasteiger partial charge >= 0.3 is 0 Å². The van der Waals surface area contributed by atoms with Crippen molar-refractivity contribution in [3.63, 3.8) is 0 Å². The number of morpholine rings is 1. The summed E-state index contributed by atoms with van der Waals surface area (Å²) in [6.07, 6.45) is 1.57. The molecule has 90 valence electrons. The van der Waals surface area contributed by atoms with Crippen molar-refractivity contribution in [3.8, 4) is 0 Å². The summed E-state index contributed by atoms with van der Waals surface area (Å²) in [4.78, 5) is 2.34. The Bertz CT molecular complexity index is 173. The largest absolute Gasteiger partial charge is 0.374 e. The molecule has 1 aliphatic heterocycles. The molecule has 0 radical (unpaired) electrons. The molecule has 1 fully saturated rings. The summed E-state index contributed by atoms with van der Waals surface area (Å²) in [5.74, 6) is 0.705. The number of nitrogens with one attached hydrogen (secondary N) is 1. The number of hydrogen-bond donors (Lipinski definition) is 1. The van der Waals surface area contributed by atoms with Crippen LogP contribution in [-0.4, -0.2) is 50.3 Å². The summed E-state index contributed by atoms with van der Waals surface area (Å²) in [7, 11) is 2.16. The van der Waals surface area contributed by atoms with Gasteiger partial charge < -0.3 is 15.0 Å². The fourth-order valence-electron chi connectivity index (χ4n) is 2.12. The lowest BCUT2D eigenvalue weighted by Crippen LogP contribution is -2.47. The molecule has 1 N–H and O–H groups in total. The average Bonchev–Trinajstić information content (AvgIpc) is 2.18. The van der Waals surface area contributed by atoms with Crippen molar-refractivity contribution in [1.82, 2.24) is 10.2 Å². The predicted molar refractivity (Wildman–Crippen MR) is 64.2 cm³/mol. The molecule has 1 aliphatic rings. The molecule has 15 heavy (non-hydrogen) atoms. The minimum absolute atomic E-state index is 0.372. The van der Waals surface area contributed by atoms with Crippen LogP contribution >= 0.6 is 0 Å². The fourth-order valence-corrected chi connectivity index (χ4v) is 2.12. The SMILES string of the molecule is CC[C@@H](NC[C@H]1CN(C)CCO1)C(C)C. The smallest absolute Gasteiger partial charge is 0.0826 e. The maximum absolute atomic E-state index is 5.72. The molecule has 0 amide bonds. The lowest BCUT2D eigenvalue weighted by molar-refractivity contribution is -0.0199. The third-order valence-corrected chi connectivity index (χ3v) is 3.19. The second kappa shape index (κ2) is 6.46. The molecule has 0 spiro atoms. The van der Waals surface area contributed by atoms with Crippen LogP contribution in [0.5, 0.6) is 0 Å². The second-order valence-electron chi connectivity index (χ2n) is 4.92. The van der Waals surface area contributed by atoms with E-state index in [9.17, 15) is 0 Å². The standard InChI is InChI=1S/C12H26N2O/c1-5-12(10(2)3)13-8-11-9-14(4)6-7-15-11/h10-13H,5-9H2,1-4H3/t11-,12+/m0/s1. The first-order valence-electron chi connectivity index (χ1n) is 6.17. The summed E-state index contributed by atoms with van der Waals surface area (Å²) in [5.41, 5.74) is 0. The van der Waals surface area contributed by atoms with Crippen LogP contribution in [0.3, 0.4) is 0 Å². The molecule has 1 saturated heterocycles. The van der Waals surface area contributed by atoms with E-state index in [1.807, 2.05) is 0 Å². The first-order chi connectivity index (χ1) is 7.13. The third-order valence-electron chi connectivity index (χ3n) is 3.19. The van der Waals surface area contributed by atoms with Gasteiger partial charge in [0.2, 0.25) is 0 Å². The van der Waals surface area contributed by atoms with Crippen LogP contribution in [0.15, 0.2) is 0 Å². The Balaban J connectivity index is 2.23. The van der Waals surface area contributed by atoms with Gasteiger partial charge in [0.25, 0.3) is 0 Å². The van der Waals surface area contributed by atoms with Crippen LogP contribution in [-0.2, 0) is 4.74 Å². The second-order valence-corrected chi connectivity index (χ2v) is 4.92. The number of rotatable bonds is 5. The van der Waals surface area contributed by atoms with Crippen LogP contribution in [0.4, 0.5) is 0 Å². The van der Waals surface area contributed by atoms with Gasteiger partial charge in [-0.05, 0) is 19.4 Å². The van der Waals surface area contributed by atoms with Gasteiger partial charge in [0.1, 0.15) is 0 Å². The zero-order valence-electron chi connectivity index (χ0n) is 10.6. The van der Waals surface area contributed by atoms with Crippen molar-refractivity contribution >= 4 is 0 Å². The molecule has 0 aromatic rings. The van der Waals surface area contributed by atoms with Gasteiger partial charge in [-0.15, -0.1) is 0 Å². The van der Waals surface area contributed by atoms with E-state index in [1.165, 1.54) is 6.42 Å². The molecule has 3 nitrogen and oxygen atoms in total. The third kappa shape index (κ3) is 4.49. The molecule has 0 aromatic carbocycles. The van der Waals surface area contributed by atoms with Crippen LogP contribution in [0.1, 0.15) is 27.2 Å². The minimum Gasteiger partial charge on any atom is -0.374 e. The van der Waals surface area contributed by atoms with Crippen molar-refractivity contribution in [2.45, 2.75) is 39.3 Å². The van der Waals surface area contributed by atoms with Crippen LogP contribution in [0.25, 0.3) is 0 Å². The van der Waals surface area contributed by atoms with Gasteiger partial charge in [0, 0.05) is 25.7 Å². The maximum atomic E-state index is 5.72. The summed E-state index contributed by atoms with van der Waals surface area (Å²) in [6, 6.07) is 0.626. The molecular formula is C12H26N2O. The summed E-state index contributed by atoms with van der Waals surface area (Å²) >= 11 is 0. The quantitative estimate of drug-likeness (QED) is 0.747. The zero-order chi connectivity index (χ0) is 11.3. The van der Waals surface area contributed by atoms with Gasteiger partial charge in [-0.3, -0.25) is 0 Å². The van der Waals surface area contributed by atoms with E-state index < -0.39 is 0 Å². The van der Waals surface area contributed by atoms with E-state index in [1.54, 1.807) is 0 Å². The Labute approximate surface area is 94.2 Å². The van der Waals surface area contributed by atoms with E-state index in [4.69, 9.17) is 4.74 Å². The van der Waals surface area contributed by atoms with Crippen LogP contribution < -0.4 is 5.32 Å². The van der Waals surface area contributed by atoms with Crippen molar-refractivity contribution in [1.29, 1.82) is 0 Å². The highest BCUT2D eigenvalue weighted by Gasteiger charge is 2.19. The number of hydrogen-bond acceptors (Lipinski definition) is 3. The first-order valence-corrected chi connectivity index (χ1v) is 6.17. The molecule has 0 saturated carbocycles. The topological polar surface area (TPSA) is 24.5 Å². The molecule has 3 heteroatoms. The maximum Gasteiger partial charge on any atom is 0.0826 e. The van der Waals surface area contributed by atoms with Crippen molar-refractivity contribution < 1.29 is 4.74 Å². The van der Waals surface area contributed by atoms with Gasteiger partial charge in [-0.2, -0.15) is 0 Å². The lowest BCUT2D eigenvalue weighted by Gasteiger charge is -2.32. The van der Waals surface area contributed by atoms with E-state index in [2.05, 4.69) is 38.0 Å². The van der Waals surface area contributed by atoms with E-state index in [0.717, 1.165) is 26.2 Å². The number of likely N-dealkylation sites (N-methyl/N-ethyl adjacent to an activating group) is 1. The summed E-state index contributed by atoms with van der Waals surface area (Å²) < 4.78 is 5.72. The Morgan fingerprint density at radius 3 is 2.73 bits per heavy atom. The van der Waals surface area contributed by atoms with E-state index in [0.29, 0.717) is 18.1 Å². The molecule has 0 unspecified atom stereocenters. The molecule has 0 aromatic heterocycles. The Morgan fingerprint density at radius 1 is 1.47 bits per heavy atom. The predicted octanol–water partition coefficient (Wildman–Crippen LogP) is 1.34. The molecular weight excluding hydrogens is 188 g/mol. The van der Waals surface area contributed by atoms with E-state index in [-0.39, 0.29) is 0 Å².